The summed E-state index contributed by atoms with van der Waals surface area (Å²) >= 11 is 0. The van der Waals surface area contributed by atoms with Crippen LogP contribution in [0.25, 0.3) is 0 Å². The first-order valence-electron chi connectivity index (χ1n) is 5.36. The first kappa shape index (κ1) is 7.37. The molecular weight excluding hydrogens is 146 g/mol. The lowest BCUT2D eigenvalue weighted by atomic mass is 9.80. The van der Waals surface area contributed by atoms with E-state index in [0.29, 0.717) is 5.41 Å². The Labute approximate surface area is 74.7 Å². The third-order valence-corrected chi connectivity index (χ3v) is 5.07. The quantitative estimate of drug-likeness (QED) is 0.633. The second-order valence-electron chi connectivity index (χ2n) is 5.77. The van der Waals surface area contributed by atoms with Crippen molar-refractivity contribution in [3.63, 3.8) is 0 Å². The van der Waals surface area contributed by atoms with Crippen molar-refractivity contribution in [3.05, 3.63) is 0 Å². The Balaban J connectivity index is 1.98. The number of nitrogens with two attached hydrogens (primary N) is 1. The van der Waals surface area contributed by atoms with Gasteiger partial charge in [0.05, 0.1) is 0 Å². The van der Waals surface area contributed by atoms with Gasteiger partial charge in [0.1, 0.15) is 0 Å². The molecule has 0 aromatic rings. The molecule has 4 unspecified atom stereocenters. The second-order valence-corrected chi connectivity index (χ2v) is 5.77. The summed E-state index contributed by atoms with van der Waals surface area (Å²) in [7, 11) is 0. The molecule has 3 fully saturated rings. The molecule has 12 heavy (non-hydrogen) atoms. The number of fused-ring (bicyclic) bond motifs is 1. The molecule has 68 valence electrons. The molecule has 0 aromatic carbocycles. The summed E-state index contributed by atoms with van der Waals surface area (Å²) in [6.07, 6.45) is 5.89. The molecule has 3 aliphatic rings. The summed E-state index contributed by atoms with van der Waals surface area (Å²) in [5.41, 5.74) is 6.99. The fourth-order valence-electron chi connectivity index (χ4n) is 4.64. The molecule has 0 radical (unpaired) electrons. The van der Waals surface area contributed by atoms with Gasteiger partial charge in [0.25, 0.3) is 0 Å². The van der Waals surface area contributed by atoms with E-state index < -0.39 is 0 Å². The highest BCUT2D eigenvalue weighted by molar-refractivity contribution is 5.26. The van der Waals surface area contributed by atoms with Crippen molar-refractivity contribution < 1.29 is 0 Å². The Morgan fingerprint density at radius 1 is 1.25 bits per heavy atom. The predicted molar refractivity (Wildman–Crippen MR) is 49.6 cm³/mol. The summed E-state index contributed by atoms with van der Waals surface area (Å²) in [6.45, 7) is 4.49. The third kappa shape index (κ3) is 0.555. The van der Waals surface area contributed by atoms with Crippen LogP contribution in [0.4, 0.5) is 0 Å². The SMILES string of the molecule is CC(C)(N)C12CCC3CCC1C32. The van der Waals surface area contributed by atoms with Crippen LogP contribution >= 0.6 is 0 Å². The van der Waals surface area contributed by atoms with Crippen molar-refractivity contribution in [2.24, 2.45) is 28.9 Å². The monoisotopic (exact) mass is 165 g/mol. The molecule has 0 saturated heterocycles. The van der Waals surface area contributed by atoms with E-state index >= 15 is 0 Å². The van der Waals surface area contributed by atoms with Gasteiger partial charge in [-0.3, -0.25) is 0 Å². The third-order valence-electron chi connectivity index (χ3n) is 5.07. The minimum Gasteiger partial charge on any atom is -0.325 e. The van der Waals surface area contributed by atoms with Gasteiger partial charge in [-0.15, -0.1) is 0 Å². The van der Waals surface area contributed by atoms with Crippen molar-refractivity contribution in [2.45, 2.75) is 45.1 Å². The van der Waals surface area contributed by atoms with Crippen LogP contribution in [0, 0.1) is 23.2 Å². The predicted octanol–water partition coefficient (Wildman–Crippen LogP) is 2.16. The van der Waals surface area contributed by atoms with Gasteiger partial charge >= 0.3 is 0 Å². The van der Waals surface area contributed by atoms with E-state index in [4.69, 9.17) is 5.73 Å². The molecule has 4 atom stereocenters. The number of hydrogen-bond donors (Lipinski definition) is 1. The molecule has 1 nitrogen and oxygen atoms in total. The Morgan fingerprint density at radius 3 is 2.50 bits per heavy atom. The fraction of sp³-hybridized carbons (Fsp3) is 1.00. The van der Waals surface area contributed by atoms with Gasteiger partial charge in [-0.2, -0.15) is 0 Å². The average Bonchev–Trinajstić information content (AvgIpc) is 2.29. The topological polar surface area (TPSA) is 26.0 Å². The average molecular weight is 165 g/mol. The van der Waals surface area contributed by atoms with E-state index in [1.165, 1.54) is 25.7 Å². The normalized spacial score (nSPS) is 55.8. The maximum Gasteiger partial charge on any atom is 0.0159 e. The molecule has 3 aliphatic carbocycles. The fourth-order valence-corrected chi connectivity index (χ4v) is 4.64. The number of hydrogen-bond acceptors (Lipinski definition) is 1. The molecule has 0 amide bonds. The van der Waals surface area contributed by atoms with E-state index in [9.17, 15) is 0 Å². The first-order chi connectivity index (χ1) is 5.57. The summed E-state index contributed by atoms with van der Waals surface area (Å²) in [4.78, 5) is 0. The van der Waals surface area contributed by atoms with Crippen LogP contribution in [0.5, 0.6) is 0 Å². The van der Waals surface area contributed by atoms with E-state index in [1.807, 2.05) is 0 Å². The van der Waals surface area contributed by atoms with E-state index in [-0.39, 0.29) is 5.54 Å². The molecule has 2 N–H and O–H groups in total. The Morgan fingerprint density at radius 2 is 2.00 bits per heavy atom. The standard InChI is InChI=1S/C11H19N/c1-10(2,12)11-6-5-7-3-4-8(11)9(7)11/h7-9H,3-6,12H2,1-2H3. The van der Waals surface area contributed by atoms with Crippen LogP contribution in [-0.2, 0) is 0 Å². The van der Waals surface area contributed by atoms with E-state index in [2.05, 4.69) is 13.8 Å². The summed E-state index contributed by atoms with van der Waals surface area (Å²) in [5.74, 6) is 3.13. The zero-order valence-corrected chi connectivity index (χ0v) is 8.14. The largest absolute Gasteiger partial charge is 0.325 e. The molecule has 1 heteroatoms. The molecule has 0 spiro atoms. The van der Waals surface area contributed by atoms with Gasteiger partial charge in [0, 0.05) is 5.54 Å². The lowest BCUT2D eigenvalue weighted by Crippen LogP contribution is -2.44. The summed E-state index contributed by atoms with van der Waals surface area (Å²) in [5, 5.41) is 0. The van der Waals surface area contributed by atoms with Crippen molar-refractivity contribution in [3.8, 4) is 0 Å². The smallest absolute Gasteiger partial charge is 0.0159 e. The Hall–Kier alpha value is -0.0400. The molecular formula is C11H19N. The van der Waals surface area contributed by atoms with Gasteiger partial charge in [0.2, 0.25) is 0 Å². The summed E-state index contributed by atoms with van der Waals surface area (Å²) < 4.78 is 0. The first-order valence-corrected chi connectivity index (χ1v) is 5.36. The Kier molecular flexibility index (Phi) is 1.07. The van der Waals surface area contributed by atoms with E-state index in [1.54, 1.807) is 0 Å². The van der Waals surface area contributed by atoms with Crippen LogP contribution in [0.3, 0.4) is 0 Å². The zero-order chi connectivity index (χ0) is 8.56. The van der Waals surface area contributed by atoms with Gasteiger partial charge in [-0.1, -0.05) is 0 Å². The van der Waals surface area contributed by atoms with Crippen molar-refractivity contribution in [2.75, 3.05) is 0 Å². The molecule has 0 bridgehead atoms. The maximum absolute atomic E-state index is 6.30. The highest BCUT2D eigenvalue weighted by Gasteiger charge is 2.76. The lowest BCUT2D eigenvalue weighted by molar-refractivity contribution is 0.247. The molecule has 0 aliphatic heterocycles. The molecule has 0 heterocycles. The summed E-state index contributed by atoms with van der Waals surface area (Å²) in [6, 6.07) is 0. The number of rotatable bonds is 1. The minimum atomic E-state index is 0.0947. The van der Waals surface area contributed by atoms with Crippen LogP contribution in [0.15, 0.2) is 0 Å². The van der Waals surface area contributed by atoms with Gasteiger partial charge in [-0.25, -0.2) is 0 Å². The molecule has 3 rings (SSSR count). The molecule has 0 aromatic heterocycles. The van der Waals surface area contributed by atoms with Crippen molar-refractivity contribution in [1.82, 2.24) is 0 Å². The highest BCUT2D eigenvalue weighted by atomic mass is 14.9. The highest BCUT2D eigenvalue weighted by Crippen LogP contribution is 2.79. The van der Waals surface area contributed by atoms with Gasteiger partial charge < -0.3 is 5.73 Å². The van der Waals surface area contributed by atoms with Crippen molar-refractivity contribution >= 4 is 0 Å². The maximum atomic E-state index is 6.30. The van der Waals surface area contributed by atoms with Crippen LogP contribution < -0.4 is 5.73 Å². The lowest BCUT2D eigenvalue weighted by Gasteiger charge is -2.31. The van der Waals surface area contributed by atoms with Crippen LogP contribution in [-0.4, -0.2) is 5.54 Å². The van der Waals surface area contributed by atoms with Crippen LogP contribution in [0.2, 0.25) is 0 Å². The molecule has 3 saturated carbocycles. The van der Waals surface area contributed by atoms with Crippen LogP contribution in [0.1, 0.15) is 39.5 Å². The van der Waals surface area contributed by atoms with E-state index in [0.717, 1.165) is 17.8 Å². The van der Waals surface area contributed by atoms with Gasteiger partial charge in [0.15, 0.2) is 0 Å². The Bertz CT molecular complexity index is 228. The van der Waals surface area contributed by atoms with Gasteiger partial charge in [-0.05, 0) is 62.7 Å². The minimum absolute atomic E-state index is 0.0947. The second kappa shape index (κ2) is 1.75. The zero-order valence-electron chi connectivity index (χ0n) is 8.14. The van der Waals surface area contributed by atoms with Crippen molar-refractivity contribution in [1.29, 1.82) is 0 Å².